The fourth-order valence-electron chi connectivity index (χ4n) is 1.71. The van der Waals surface area contributed by atoms with Gasteiger partial charge >= 0.3 is 0 Å². The molecule has 0 aliphatic carbocycles. The molecule has 5 nitrogen and oxygen atoms in total. The third-order valence-electron chi connectivity index (χ3n) is 2.93. The van der Waals surface area contributed by atoms with Crippen LogP contribution in [0.15, 0.2) is 0 Å². The van der Waals surface area contributed by atoms with Gasteiger partial charge in [0.05, 0.1) is 6.10 Å². The first-order chi connectivity index (χ1) is 7.42. The van der Waals surface area contributed by atoms with Crippen LogP contribution >= 0.6 is 0 Å². The molecule has 1 fully saturated rings. The van der Waals surface area contributed by atoms with Gasteiger partial charge in [0.25, 0.3) is 10.2 Å². The molecule has 1 saturated heterocycles. The van der Waals surface area contributed by atoms with Crippen molar-refractivity contribution in [1.82, 2.24) is 9.03 Å². The summed E-state index contributed by atoms with van der Waals surface area (Å²) in [6.45, 7) is 5.30. The minimum Gasteiger partial charge on any atom is -0.393 e. The maximum Gasteiger partial charge on any atom is 0.279 e. The number of hydrogen-bond acceptors (Lipinski definition) is 3. The summed E-state index contributed by atoms with van der Waals surface area (Å²) < 4.78 is 27.6. The number of nitrogens with one attached hydrogen (secondary N) is 1. The summed E-state index contributed by atoms with van der Waals surface area (Å²) in [7, 11) is -3.33. The quantitative estimate of drug-likeness (QED) is 0.738. The second-order valence-corrected chi connectivity index (χ2v) is 6.37. The lowest BCUT2D eigenvalue weighted by Crippen LogP contribution is -2.45. The summed E-state index contributed by atoms with van der Waals surface area (Å²) in [4.78, 5) is 0. The molecule has 16 heavy (non-hydrogen) atoms. The van der Waals surface area contributed by atoms with Crippen molar-refractivity contribution in [2.24, 2.45) is 5.92 Å². The molecule has 0 aromatic carbocycles. The minimum absolute atomic E-state index is 0.298. The summed E-state index contributed by atoms with van der Waals surface area (Å²) >= 11 is 0. The van der Waals surface area contributed by atoms with Crippen molar-refractivity contribution in [3.63, 3.8) is 0 Å². The van der Waals surface area contributed by atoms with Gasteiger partial charge in [-0.15, -0.1) is 0 Å². The van der Waals surface area contributed by atoms with Crippen molar-refractivity contribution >= 4 is 10.2 Å². The molecule has 2 N–H and O–H groups in total. The van der Waals surface area contributed by atoms with Crippen molar-refractivity contribution in [1.29, 1.82) is 0 Å². The van der Waals surface area contributed by atoms with E-state index in [0.717, 1.165) is 12.8 Å². The smallest absolute Gasteiger partial charge is 0.279 e. The zero-order valence-electron chi connectivity index (χ0n) is 10.0. The third kappa shape index (κ3) is 4.37. The van der Waals surface area contributed by atoms with Crippen LogP contribution in [0.3, 0.4) is 0 Å². The molecular formula is C10H22N2O3S. The first kappa shape index (κ1) is 13.9. The largest absolute Gasteiger partial charge is 0.393 e. The monoisotopic (exact) mass is 250 g/mol. The Morgan fingerprint density at radius 2 is 2.00 bits per heavy atom. The Hall–Kier alpha value is -0.170. The van der Waals surface area contributed by atoms with E-state index in [2.05, 4.69) is 11.6 Å². The predicted molar refractivity (Wildman–Crippen MR) is 63.2 cm³/mol. The van der Waals surface area contributed by atoms with Crippen molar-refractivity contribution < 1.29 is 13.5 Å². The molecule has 96 valence electrons. The fraction of sp³-hybridized carbons (Fsp3) is 1.00. The van der Waals surface area contributed by atoms with Crippen LogP contribution in [0.2, 0.25) is 0 Å². The molecule has 1 aliphatic rings. The van der Waals surface area contributed by atoms with E-state index in [0.29, 0.717) is 32.0 Å². The van der Waals surface area contributed by atoms with E-state index in [9.17, 15) is 8.42 Å². The van der Waals surface area contributed by atoms with Gasteiger partial charge in [-0.3, -0.25) is 0 Å². The molecule has 6 heteroatoms. The lowest BCUT2D eigenvalue weighted by molar-refractivity contribution is 0.185. The van der Waals surface area contributed by atoms with Gasteiger partial charge in [-0.05, 0) is 32.1 Å². The number of piperidine rings is 1. The molecule has 1 aliphatic heterocycles. The van der Waals surface area contributed by atoms with Crippen LogP contribution in [0.1, 0.15) is 33.1 Å². The summed E-state index contributed by atoms with van der Waals surface area (Å²) in [5.41, 5.74) is 0. The van der Waals surface area contributed by atoms with E-state index in [4.69, 9.17) is 5.11 Å². The van der Waals surface area contributed by atoms with Gasteiger partial charge in [0.1, 0.15) is 0 Å². The Labute approximate surface area is 98.0 Å². The first-order valence-corrected chi connectivity index (χ1v) is 7.28. The van der Waals surface area contributed by atoms with Crippen LogP contribution in [0.4, 0.5) is 0 Å². The summed E-state index contributed by atoms with van der Waals surface area (Å²) in [6.07, 6.45) is 1.84. The third-order valence-corrected chi connectivity index (χ3v) is 4.54. The zero-order chi connectivity index (χ0) is 12.2. The number of rotatable bonds is 5. The Kier molecular flexibility index (Phi) is 5.17. The van der Waals surface area contributed by atoms with Crippen molar-refractivity contribution in [3.05, 3.63) is 0 Å². The first-order valence-electron chi connectivity index (χ1n) is 5.84. The highest BCUT2D eigenvalue weighted by molar-refractivity contribution is 7.87. The molecule has 0 bridgehead atoms. The predicted octanol–water partition coefficient (Wildman–Crippen LogP) is 0.324. The summed E-state index contributed by atoms with van der Waals surface area (Å²) in [5, 5.41) is 9.05. The Morgan fingerprint density at radius 1 is 1.44 bits per heavy atom. The molecular weight excluding hydrogens is 228 g/mol. The summed E-state index contributed by atoms with van der Waals surface area (Å²) in [5.74, 6) is 0.615. The van der Waals surface area contributed by atoms with Gasteiger partial charge in [-0.1, -0.05) is 6.92 Å². The Morgan fingerprint density at radius 3 is 2.50 bits per heavy atom. The van der Waals surface area contributed by atoms with E-state index < -0.39 is 16.3 Å². The van der Waals surface area contributed by atoms with Crippen LogP contribution < -0.4 is 4.72 Å². The second kappa shape index (κ2) is 5.95. The Balaban J connectivity index is 2.38. The number of aliphatic hydroxyl groups is 1. The zero-order valence-corrected chi connectivity index (χ0v) is 10.8. The molecule has 0 saturated carbocycles. The highest BCUT2D eigenvalue weighted by Gasteiger charge is 2.25. The van der Waals surface area contributed by atoms with E-state index in [1.807, 2.05) is 0 Å². The standard InChI is InChI=1S/C10H22N2O3S/c1-9-4-7-12(8-5-9)16(14,15)11-6-3-10(2)13/h9-11,13H,3-8H2,1-2H3. The van der Waals surface area contributed by atoms with E-state index >= 15 is 0 Å². The van der Waals surface area contributed by atoms with E-state index in [1.165, 1.54) is 4.31 Å². The normalized spacial score (nSPS) is 22.2. The molecule has 1 heterocycles. The van der Waals surface area contributed by atoms with Crippen molar-refractivity contribution in [2.75, 3.05) is 19.6 Å². The highest BCUT2D eigenvalue weighted by atomic mass is 32.2. The lowest BCUT2D eigenvalue weighted by Gasteiger charge is -2.29. The van der Waals surface area contributed by atoms with Gasteiger partial charge in [-0.25, -0.2) is 4.72 Å². The van der Waals surface area contributed by atoms with Gasteiger partial charge in [0.15, 0.2) is 0 Å². The summed E-state index contributed by atoms with van der Waals surface area (Å²) in [6, 6.07) is 0. The van der Waals surface area contributed by atoms with Gasteiger partial charge in [0, 0.05) is 19.6 Å². The number of hydrogen-bond donors (Lipinski definition) is 2. The molecule has 0 aromatic rings. The van der Waals surface area contributed by atoms with E-state index in [1.54, 1.807) is 6.92 Å². The van der Waals surface area contributed by atoms with E-state index in [-0.39, 0.29) is 0 Å². The average molecular weight is 250 g/mol. The van der Waals surface area contributed by atoms with Crippen LogP contribution in [0.5, 0.6) is 0 Å². The van der Waals surface area contributed by atoms with Gasteiger partial charge in [-0.2, -0.15) is 12.7 Å². The maximum atomic E-state index is 11.8. The van der Waals surface area contributed by atoms with Crippen LogP contribution in [0.25, 0.3) is 0 Å². The topological polar surface area (TPSA) is 69.6 Å². The molecule has 1 atom stereocenters. The lowest BCUT2D eigenvalue weighted by atomic mass is 10.0. The minimum atomic E-state index is -3.33. The number of aliphatic hydroxyl groups excluding tert-OH is 1. The van der Waals surface area contributed by atoms with Crippen molar-refractivity contribution in [2.45, 2.75) is 39.2 Å². The SMILES string of the molecule is CC(O)CCNS(=O)(=O)N1CCC(C)CC1. The fourth-order valence-corrected chi connectivity index (χ4v) is 2.96. The maximum absolute atomic E-state index is 11.8. The molecule has 1 unspecified atom stereocenters. The molecule has 0 radical (unpaired) electrons. The molecule has 0 aromatic heterocycles. The Bertz CT molecular complexity index is 295. The average Bonchev–Trinajstić information content (AvgIpc) is 2.17. The van der Waals surface area contributed by atoms with Crippen LogP contribution in [-0.4, -0.2) is 43.6 Å². The van der Waals surface area contributed by atoms with Gasteiger partial charge in [0.2, 0.25) is 0 Å². The number of nitrogens with zero attached hydrogens (tertiary/aromatic N) is 1. The second-order valence-electron chi connectivity index (χ2n) is 4.62. The highest BCUT2D eigenvalue weighted by Crippen LogP contribution is 2.17. The molecule has 1 rings (SSSR count). The van der Waals surface area contributed by atoms with Gasteiger partial charge < -0.3 is 5.11 Å². The van der Waals surface area contributed by atoms with Crippen molar-refractivity contribution in [3.8, 4) is 0 Å². The van der Waals surface area contributed by atoms with Crippen LogP contribution in [-0.2, 0) is 10.2 Å². The molecule has 0 spiro atoms. The molecule has 0 amide bonds. The van der Waals surface area contributed by atoms with Crippen LogP contribution in [0, 0.1) is 5.92 Å².